The van der Waals surface area contributed by atoms with Crippen LogP contribution in [0.1, 0.15) is 12.8 Å². The van der Waals surface area contributed by atoms with E-state index in [2.05, 4.69) is 11.3 Å². The van der Waals surface area contributed by atoms with Crippen LogP contribution in [0.5, 0.6) is 0 Å². The summed E-state index contributed by atoms with van der Waals surface area (Å²) in [5.41, 5.74) is 0. The Labute approximate surface area is 140 Å². The highest BCUT2D eigenvalue weighted by atomic mass is 32.2. The van der Waals surface area contributed by atoms with Gasteiger partial charge in [0, 0.05) is 12.0 Å². The molecule has 1 saturated heterocycles. The van der Waals surface area contributed by atoms with Gasteiger partial charge >= 0.3 is 11.9 Å². The van der Waals surface area contributed by atoms with Crippen LogP contribution >= 0.6 is 0 Å². The van der Waals surface area contributed by atoms with Crippen molar-refractivity contribution in [3.8, 4) is 0 Å². The monoisotopic (exact) mass is 360 g/mol. The second-order valence-electron chi connectivity index (χ2n) is 6.23. The Balaban J connectivity index is 1.68. The smallest absolute Gasteiger partial charge is 0.330 e. The number of ether oxygens (including phenoxy) is 3. The third-order valence-electron chi connectivity index (χ3n) is 5.12. The molecule has 3 fully saturated rings. The first-order chi connectivity index (χ1) is 11.4. The summed E-state index contributed by atoms with van der Waals surface area (Å²) in [5, 5.41) is -0.662. The molecule has 3 aliphatic rings. The third-order valence-corrected chi connectivity index (χ3v) is 6.98. The van der Waals surface area contributed by atoms with Gasteiger partial charge in [0.1, 0.15) is 12.7 Å². The molecule has 0 spiro atoms. The predicted molar refractivity (Wildman–Crippen MR) is 80.2 cm³/mol. The van der Waals surface area contributed by atoms with Gasteiger partial charge in [-0.1, -0.05) is 6.58 Å². The van der Waals surface area contributed by atoms with Crippen molar-refractivity contribution in [3.05, 3.63) is 12.7 Å². The molecule has 0 amide bonds. The molecule has 0 N–H and O–H groups in total. The lowest BCUT2D eigenvalue weighted by atomic mass is 9.82. The van der Waals surface area contributed by atoms with E-state index < -0.39 is 39.5 Å². The molecule has 134 valence electrons. The normalized spacial score (nSPS) is 38.0. The number of hydrogen-bond acceptors (Lipinski definition) is 8. The molecule has 24 heavy (non-hydrogen) atoms. The fourth-order valence-electron chi connectivity index (χ4n) is 4.29. The number of carbonyl (C=O) groups excluding carboxylic acids is 2. The zero-order valence-corrected chi connectivity index (χ0v) is 14.1. The number of carbonyl (C=O) groups is 2. The predicted octanol–water partition coefficient (Wildman–Crippen LogP) is 0.0270. The first kappa shape index (κ1) is 17.4. The van der Waals surface area contributed by atoms with Crippen molar-refractivity contribution in [1.82, 2.24) is 0 Å². The molecule has 8 nitrogen and oxygen atoms in total. The number of fused-ring (bicyclic) bond motifs is 1. The van der Waals surface area contributed by atoms with Crippen molar-refractivity contribution in [3.63, 3.8) is 0 Å². The van der Waals surface area contributed by atoms with Gasteiger partial charge in [0.2, 0.25) is 0 Å². The van der Waals surface area contributed by atoms with Crippen molar-refractivity contribution in [2.45, 2.75) is 30.3 Å². The lowest BCUT2D eigenvalue weighted by Gasteiger charge is -2.31. The van der Waals surface area contributed by atoms with Crippen LogP contribution in [0.25, 0.3) is 0 Å². The van der Waals surface area contributed by atoms with Crippen molar-refractivity contribution >= 4 is 22.1 Å². The van der Waals surface area contributed by atoms with E-state index in [1.807, 2.05) is 0 Å². The van der Waals surface area contributed by atoms with E-state index in [9.17, 15) is 18.0 Å². The lowest BCUT2D eigenvalue weighted by Crippen LogP contribution is -2.42. The van der Waals surface area contributed by atoms with Crippen molar-refractivity contribution in [2.75, 3.05) is 20.3 Å². The summed E-state index contributed by atoms with van der Waals surface area (Å²) >= 11 is 0. The fourth-order valence-corrected chi connectivity index (χ4v) is 6.40. The molecule has 2 saturated carbocycles. The van der Waals surface area contributed by atoms with E-state index in [1.54, 1.807) is 0 Å². The van der Waals surface area contributed by atoms with Gasteiger partial charge < -0.3 is 14.2 Å². The van der Waals surface area contributed by atoms with Crippen LogP contribution in [-0.2, 0) is 38.1 Å². The molecule has 6 atom stereocenters. The largest absolute Gasteiger partial charge is 0.469 e. The minimum Gasteiger partial charge on any atom is -0.469 e. The summed E-state index contributed by atoms with van der Waals surface area (Å²) in [4.78, 5) is 22.6. The van der Waals surface area contributed by atoms with Gasteiger partial charge in [-0.15, -0.1) is 0 Å². The molecule has 0 aromatic heterocycles. The molecule has 0 aromatic carbocycles. The van der Waals surface area contributed by atoms with Gasteiger partial charge in [-0.25, -0.2) is 4.79 Å². The Hall–Kier alpha value is -1.45. The molecule has 9 heteroatoms. The number of rotatable bonds is 7. The summed E-state index contributed by atoms with van der Waals surface area (Å²) in [5.74, 6) is -1.60. The van der Waals surface area contributed by atoms with Gasteiger partial charge in [-0.3, -0.25) is 8.98 Å². The van der Waals surface area contributed by atoms with Crippen molar-refractivity contribution in [2.24, 2.45) is 17.8 Å². The van der Waals surface area contributed by atoms with E-state index >= 15 is 0 Å². The fraction of sp³-hybridized carbons (Fsp3) is 0.733. The third kappa shape index (κ3) is 2.84. The van der Waals surface area contributed by atoms with Crippen molar-refractivity contribution < 1.29 is 36.4 Å². The average molecular weight is 360 g/mol. The minimum absolute atomic E-state index is 0.0307. The van der Waals surface area contributed by atoms with Crippen LogP contribution in [0.3, 0.4) is 0 Å². The quantitative estimate of drug-likeness (QED) is 0.271. The molecule has 2 aliphatic carbocycles. The van der Waals surface area contributed by atoms with E-state index in [0.717, 1.165) is 6.08 Å². The second-order valence-corrected chi connectivity index (χ2v) is 7.96. The SMILES string of the molecule is C=CC(=O)OCCOC1C2CC3C1OS(=O)(=O)C3C2CC(=O)OC. The van der Waals surface area contributed by atoms with E-state index in [1.165, 1.54) is 7.11 Å². The molecule has 0 aromatic rings. The van der Waals surface area contributed by atoms with Crippen LogP contribution in [0.2, 0.25) is 0 Å². The molecular weight excluding hydrogens is 340 g/mol. The minimum atomic E-state index is -3.70. The second kappa shape index (κ2) is 6.45. The van der Waals surface area contributed by atoms with Crippen LogP contribution in [-0.4, -0.2) is 58.1 Å². The molecular formula is C15H20O8S. The van der Waals surface area contributed by atoms with Gasteiger partial charge in [-0.05, 0) is 18.3 Å². The summed E-state index contributed by atoms with van der Waals surface area (Å²) in [6, 6.07) is 0. The average Bonchev–Trinajstić information content (AvgIpc) is 3.13. The topological polar surface area (TPSA) is 105 Å². The number of methoxy groups -OCH3 is 1. The highest BCUT2D eigenvalue weighted by molar-refractivity contribution is 7.87. The Morgan fingerprint density at radius 3 is 2.71 bits per heavy atom. The highest BCUT2D eigenvalue weighted by Gasteiger charge is 2.69. The van der Waals surface area contributed by atoms with Crippen LogP contribution in [0, 0.1) is 17.8 Å². The molecule has 2 bridgehead atoms. The maximum Gasteiger partial charge on any atom is 0.330 e. The number of esters is 2. The van der Waals surface area contributed by atoms with Crippen LogP contribution in [0.15, 0.2) is 12.7 Å². The van der Waals surface area contributed by atoms with E-state index in [4.69, 9.17) is 13.7 Å². The molecule has 1 heterocycles. The van der Waals surface area contributed by atoms with Crippen LogP contribution in [0.4, 0.5) is 0 Å². The maximum atomic E-state index is 12.3. The first-order valence-corrected chi connectivity index (χ1v) is 9.26. The summed E-state index contributed by atoms with van der Waals surface area (Å²) in [7, 11) is -2.42. The molecule has 1 aliphatic heterocycles. The lowest BCUT2D eigenvalue weighted by molar-refractivity contribution is -0.145. The van der Waals surface area contributed by atoms with Crippen molar-refractivity contribution in [1.29, 1.82) is 0 Å². The zero-order valence-electron chi connectivity index (χ0n) is 13.3. The number of hydrogen-bond donors (Lipinski definition) is 0. The Morgan fingerprint density at radius 1 is 1.29 bits per heavy atom. The van der Waals surface area contributed by atoms with E-state index in [-0.39, 0.29) is 37.4 Å². The molecule has 0 radical (unpaired) electrons. The Bertz CT molecular complexity index is 642. The van der Waals surface area contributed by atoms with Crippen LogP contribution < -0.4 is 0 Å². The standard InChI is InChI=1S/C15H20O8S/c1-3-11(16)21-4-5-22-13-8-6-10-14(13)23-24(18,19)15(10)9(8)7-12(17)20-2/h3,8-10,13-15H,1,4-7H2,2H3. The summed E-state index contributed by atoms with van der Waals surface area (Å²) in [6.07, 6.45) is 0.784. The van der Waals surface area contributed by atoms with Gasteiger partial charge in [0.15, 0.2) is 0 Å². The summed E-state index contributed by atoms with van der Waals surface area (Å²) < 4.78 is 45.0. The Morgan fingerprint density at radius 2 is 2.04 bits per heavy atom. The molecule has 3 rings (SSSR count). The van der Waals surface area contributed by atoms with Gasteiger partial charge in [0.25, 0.3) is 10.1 Å². The van der Waals surface area contributed by atoms with Gasteiger partial charge in [0.05, 0.1) is 31.5 Å². The van der Waals surface area contributed by atoms with Gasteiger partial charge in [-0.2, -0.15) is 8.42 Å². The first-order valence-electron chi connectivity index (χ1n) is 7.78. The maximum absolute atomic E-state index is 12.3. The Kier molecular flexibility index (Phi) is 4.67. The molecule has 6 unspecified atom stereocenters. The zero-order chi connectivity index (χ0) is 17.5. The van der Waals surface area contributed by atoms with E-state index in [0.29, 0.717) is 6.42 Å². The highest BCUT2D eigenvalue weighted by Crippen LogP contribution is 2.59. The summed E-state index contributed by atoms with van der Waals surface area (Å²) in [6.45, 7) is 3.47.